The number of aryl methyl sites for hydroxylation is 1. The number of carbonyl (C=O) groups excluding carboxylic acids is 1. The number of nitrogens with one attached hydrogen (secondary N) is 1. The van der Waals surface area contributed by atoms with Crippen LogP contribution in [0.5, 0.6) is 11.5 Å². The topological polar surface area (TPSA) is 60.5 Å². The highest BCUT2D eigenvalue weighted by molar-refractivity contribution is 7.11. The van der Waals surface area contributed by atoms with Crippen LogP contribution in [0.4, 0.5) is 0 Å². The number of thiazole rings is 1. The Morgan fingerprint density at radius 3 is 3.05 bits per heavy atom. The lowest BCUT2D eigenvalue weighted by Gasteiger charge is -2.04. The van der Waals surface area contributed by atoms with Crippen molar-refractivity contribution in [1.29, 1.82) is 0 Å². The molecule has 0 aliphatic carbocycles. The number of hydrogen-bond acceptors (Lipinski definition) is 5. The molecule has 19 heavy (non-hydrogen) atoms. The van der Waals surface area contributed by atoms with Crippen LogP contribution in [0.3, 0.4) is 0 Å². The van der Waals surface area contributed by atoms with Gasteiger partial charge in [-0.1, -0.05) is 0 Å². The summed E-state index contributed by atoms with van der Waals surface area (Å²) in [5, 5.41) is 3.73. The Labute approximate surface area is 114 Å². The van der Waals surface area contributed by atoms with Gasteiger partial charge in [0.15, 0.2) is 11.5 Å². The molecule has 98 valence electrons. The fraction of sp³-hybridized carbons (Fsp3) is 0.231. The third-order valence-corrected chi connectivity index (χ3v) is 3.62. The summed E-state index contributed by atoms with van der Waals surface area (Å²) in [5.74, 6) is 1.14. The van der Waals surface area contributed by atoms with Gasteiger partial charge in [0.2, 0.25) is 6.79 Å². The monoisotopic (exact) mass is 276 g/mol. The minimum absolute atomic E-state index is 0.147. The van der Waals surface area contributed by atoms with Crippen LogP contribution >= 0.6 is 11.3 Å². The highest BCUT2D eigenvalue weighted by Gasteiger charge is 2.16. The summed E-state index contributed by atoms with van der Waals surface area (Å²) in [6.07, 6.45) is 1.80. The molecule has 5 nitrogen and oxygen atoms in total. The first-order chi connectivity index (χ1) is 9.22. The molecule has 0 atom stereocenters. The Kier molecular flexibility index (Phi) is 3.08. The smallest absolute Gasteiger partial charge is 0.251 e. The van der Waals surface area contributed by atoms with Gasteiger partial charge in [-0.05, 0) is 25.1 Å². The maximum Gasteiger partial charge on any atom is 0.251 e. The van der Waals surface area contributed by atoms with E-state index < -0.39 is 0 Å². The first-order valence-corrected chi connectivity index (χ1v) is 6.63. The molecule has 0 fully saturated rings. The molecule has 1 N–H and O–H groups in total. The summed E-state index contributed by atoms with van der Waals surface area (Å²) < 4.78 is 10.4. The van der Waals surface area contributed by atoms with Gasteiger partial charge in [-0.2, -0.15) is 0 Å². The van der Waals surface area contributed by atoms with E-state index in [-0.39, 0.29) is 12.7 Å². The van der Waals surface area contributed by atoms with Crippen LogP contribution in [0.25, 0.3) is 0 Å². The second kappa shape index (κ2) is 4.89. The standard InChI is InChI=1S/C13H12N2O3S/c1-8-5-14-12(19-8)6-15-13(16)9-2-3-10-11(4-9)18-7-17-10/h2-5H,6-7H2,1H3,(H,15,16). The van der Waals surface area contributed by atoms with Gasteiger partial charge in [-0.3, -0.25) is 4.79 Å². The van der Waals surface area contributed by atoms with Gasteiger partial charge in [0.25, 0.3) is 5.91 Å². The van der Waals surface area contributed by atoms with Crippen molar-refractivity contribution >= 4 is 17.2 Å². The Morgan fingerprint density at radius 2 is 2.26 bits per heavy atom. The van der Waals surface area contributed by atoms with Gasteiger partial charge in [0, 0.05) is 16.6 Å². The van der Waals surface area contributed by atoms with Crippen molar-refractivity contribution < 1.29 is 14.3 Å². The quantitative estimate of drug-likeness (QED) is 0.932. The third-order valence-electron chi connectivity index (χ3n) is 2.70. The first kappa shape index (κ1) is 12.0. The fourth-order valence-corrected chi connectivity index (χ4v) is 2.51. The molecule has 1 aromatic carbocycles. The molecule has 3 rings (SSSR count). The fourth-order valence-electron chi connectivity index (χ4n) is 1.78. The number of carbonyl (C=O) groups is 1. The van der Waals surface area contributed by atoms with Gasteiger partial charge < -0.3 is 14.8 Å². The number of nitrogens with zero attached hydrogens (tertiary/aromatic N) is 1. The number of ether oxygens (including phenoxy) is 2. The second-order valence-electron chi connectivity index (χ2n) is 4.12. The molecule has 2 aromatic rings. The maximum atomic E-state index is 12.0. The van der Waals surface area contributed by atoms with Crippen LogP contribution in [0.2, 0.25) is 0 Å². The molecule has 0 bridgehead atoms. The molecule has 0 radical (unpaired) electrons. The van der Waals surface area contributed by atoms with E-state index in [1.54, 1.807) is 35.7 Å². The number of aromatic nitrogens is 1. The second-order valence-corrected chi connectivity index (χ2v) is 5.43. The zero-order chi connectivity index (χ0) is 13.2. The van der Waals surface area contributed by atoms with E-state index >= 15 is 0 Å². The van der Waals surface area contributed by atoms with Crippen molar-refractivity contribution in [3.8, 4) is 11.5 Å². The Morgan fingerprint density at radius 1 is 1.42 bits per heavy atom. The molecular formula is C13H12N2O3S. The van der Waals surface area contributed by atoms with E-state index in [1.165, 1.54) is 0 Å². The predicted octanol–water partition coefficient (Wildman–Crippen LogP) is 2.11. The average Bonchev–Trinajstić information content (AvgIpc) is 3.03. The van der Waals surface area contributed by atoms with Gasteiger partial charge in [0.1, 0.15) is 5.01 Å². The van der Waals surface area contributed by atoms with Gasteiger partial charge >= 0.3 is 0 Å². The molecular weight excluding hydrogens is 264 g/mol. The minimum Gasteiger partial charge on any atom is -0.454 e. The van der Waals surface area contributed by atoms with Crippen LogP contribution in [0.15, 0.2) is 24.4 Å². The number of benzene rings is 1. The third kappa shape index (κ3) is 2.53. The van der Waals surface area contributed by atoms with Crippen LogP contribution in [-0.2, 0) is 6.54 Å². The summed E-state index contributed by atoms with van der Waals surface area (Å²) in [7, 11) is 0. The SMILES string of the molecule is Cc1cnc(CNC(=O)c2ccc3c(c2)OCO3)s1. The molecule has 0 spiro atoms. The molecule has 0 saturated heterocycles. The lowest BCUT2D eigenvalue weighted by molar-refractivity contribution is 0.0950. The van der Waals surface area contributed by atoms with E-state index in [2.05, 4.69) is 10.3 Å². The number of amides is 1. The molecule has 1 aliphatic heterocycles. The molecule has 6 heteroatoms. The summed E-state index contributed by atoms with van der Waals surface area (Å²) in [5.41, 5.74) is 0.553. The number of fused-ring (bicyclic) bond motifs is 1. The Bertz CT molecular complexity index is 624. The van der Waals surface area contributed by atoms with Crippen LogP contribution in [0.1, 0.15) is 20.2 Å². The summed E-state index contributed by atoms with van der Waals surface area (Å²) in [6, 6.07) is 5.14. The van der Waals surface area contributed by atoms with E-state index in [1.807, 2.05) is 6.92 Å². The Balaban J connectivity index is 1.67. The summed E-state index contributed by atoms with van der Waals surface area (Å²) in [4.78, 5) is 17.3. The highest BCUT2D eigenvalue weighted by Crippen LogP contribution is 2.32. The van der Waals surface area contributed by atoms with Crippen LogP contribution < -0.4 is 14.8 Å². The minimum atomic E-state index is -0.147. The van der Waals surface area contributed by atoms with Crippen molar-refractivity contribution in [3.63, 3.8) is 0 Å². The molecule has 0 unspecified atom stereocenters. The van der Waals surface area contributed by atoms with Gasteiger partial charge in [0.05, 0.1) is 6.54 Å². The summed E-state index contributed by atoms with van der Waals surface area (Å²) in [6.45, 7) is 2.63. The van der Waals surface area contributed by atoms with Crippen molar-refractivity contribution in [3.05, 3.63) is 39.8 Å². The number of rotatable bonds is 3. The van der Waals surface area contributed by atoms with Crippen LogP contribution in [-0.4, -0.2) is 17.7 Å². The van der Waals surface area contributed by atoms with Crippen molar-refractivity contribution in [2.24, 2.45) is 0 Å². The predicted molar refractivity (Wildman–Crippen MR) is 70.6 cm³/mol. The summed E-state index contributed by atoms with van der Waals surface area (Å²) >= 11 is 1.57. The zero-order valence-electron chi connectivity index (χ0n) is 10.3. The van der Waals surface area contributed by atoms with E-state index in [4.69, 9.17) is 9.47 Å². The molecule has 1 amide bonds. The number of hydrogen-bond donors (Lipinski definition) is 1. The Hall–Kier alpha value is -2.08. The van der Waals surface area contributed by atoms with Crippen molar-refractivity contribution in [2.75, 3.05) is 6.79 Å². The van der Waals surface area contributed by atoms with E-state index in [9.17, 15) is 4.79 Å². The van der Waals surface area contributed by atoms with Gasteiger partial charge in [-0.25, -0.2) is 4.98 Å². The van der Waals surface area contributed by atoms with E-state index in [0.29, 0.717) is 23.6 Å². The van der Waals surface area contributed by atoms with Crippen molar-refractivity contribution in [1.82, 2.24) is 10.3 Å². The normalized spacial score (nSPS) is 12.5. The highest BCUT2D eigenvalue weighted by atomic mass is 32.1. The molecule has 1 aliphatic rings. The lowest BCUT2D eigenvalue weighted by atomic mass is 10.2. The van der Waals surface area contributed by atoms with E-state index in [0.717, 1.165) is 9.88 Å². The van der Waals surface area contributed by atoms with Gasteiger partial charge in [-0.15, -0.1) is 11.3 Å². The molecule has 1 aromatic heterocycles. The zero-order valence-corrected chi connectivity index (χ0v) is 11.1. The average molecular weight is 276 g/mol. The van der Waals surface area contributed by atoms with Crippen molar-refractivity contribution in [2.45, 2.75) is 13.5 Å². The van der Waals surface area contributed by atoms with Crippen LogP contribution in [0, 0.1) is 6.92 Å². The lowest BCUT2D eigenvalue weighted by Crippen LogP contribution is -2.22. The first-order valence-electron chi connectivity index (χ1n) is 5.81. The maximum absolute atomic E-state index is 12.0. The largest absolute Gasteiger partial charge is 0.454 e. The molecule has 2 heterocycles. The molecule has 0 saturated carbocycles.